The van der Waals surface area contributed by atoms with Crippen LogP contribution in [0.25, 0.3) is 0 Å². The molecule has 0 radical (unpaired) electrons. The molecule has 0 heterocycles. The maximum atomic E-state index is 11.8. The molecule has 0 aliphatic rings. The van der Waals surface area contributed by atoms with Crippen molar-refractivity contribution >= 4 is 29.3 Å². The highest BCUT2D eigenvalue weighted by molar-refractivity contribution is 8.00. The number of carbonyl (C=O) groups excluding carboxylic acids is 1. The summed E-state index contributed by atoms with van der Waals surface area (Å²) in [6, 6.07) is 6.14. The van der Waals surface area contributed by atoms with Crippen LogP contribution in [0.2, 0.25) is 5.02 Å². The molecular formula is C16H24ClNO2S. The number of thioether (sulfide) groups is 1. The van der Waals surface area contributed by atoms with Crippen LogP contribution in [0, 0.1) is 0 Å². The summed E-state index contributed by atoms with van der Waals surface area (Å²) in [4.78, 5) is 12.8. The normalized spacial score (nSPS) is 11.8. The van der Waals surface area contributed by atoms with Gasteiger partial charge in [0.15, 0.2) is 0 Å². The Balaban J connectivity index is 2.70. The molecule has 0 saturated heterocycles. The van der Waals surface area contributed by atoms with Crippen LogP contribution in [0.4, 0.5) is 0 Å². The van der Waals surface area contributed by atoms with Gasteiger partial charge < -0.3 is 10.1 Å². The van der Waals surface area contributed by atoms with Crippen molar-refractivity contribution in [3.63, 3.8) is 0 Å². The number of nitrogens with one attached hydrogen (secondary N) is 1. The summed E-state index contributed by atoms with van der Waals surface area (Å²) in [6.07, 6.45) is 0. The van der Waals surface area contributed by atoms with Crippen molar-refractivity contribution < 1.29 is 9.53 Å². The Bertz CT molecular complexity index is 484. The molecule has 0 amide bonds. The third-order valence-corrected chi connectivity index (χ3v) is 3.96. The lowest BCUT2D eigenvalue weighted by atomic mass is 10.2. The van der Waals surface area contributed by atoms with Crippen LogP contribution in [-0.4, -0.2) is 23.4 Å². The van der Waals surface area contributed by atoms with E-state index < -0.39 is 5.60 Å². The Morgan fingerprint density at radius 3 is 2.62 bits per heavy atom. The first kappa shape index (κ1) is 18.3. The van der Waals surface area contributed by atoms with Crippen molar-refractivity contribution in [1.29, 1.82) is 0 Å². The van der Waals surface area contributed by atoms with E-state index in [1.165, 1.54) is 11.8 Å². The molecule has 0 aliphatic carbocycles. The zero-order chi connectivity index (χ0) is 16.0. The fourth-order valence-electron chi connectivity index (χ4n) is 1.66. The number of carbonyl (C=O) groups is 1. The quantitative estimate of drug-likeness (QED) is 0.624. The van der Waals surface area contributed by atoms with Crippen LogP contribution < -0.4 is 5.32 Å². The van der Waals surface area contributed by atoms with E-state index in [0.717, 1.165) is 15.5 Å². The van der Waals surface area contributed by atoms with Gasteiger partial charge in [0.25, 0.3) is 0 Å². The Morgan fingerprint density at radius 2 is 2.05 bits per heavy atom. The molecule has 3 nitrogen and oxygen atoms in total. The summed E-state index contributed by atoms with van der Waals surface area (Å²) in [7, 11) is 0. The van der Waals surface area contributed by atoms with Gasteiger partial charge in [-0.3, -0.25) is 4.79 Å². The lowest BCUT2D eigenvalue weighted by molar-refractivity contribution is -0.151. The van der Waals surface area contributed by atoms with Crippen molar-refractivity contribution in [1.82, 2.24) is 5.32 Å². The first-order valence-electron chi connectivity index (χ1n) is 7.04. The second-order valence-electron chi connectivity index (χ2n) is 6.13. The highest BCUT2D eigenvalue weighted by atomic mass is 35.5. The lowest BCUT2D eigenvalue weighted by Crippen LogP contribution is -2.25. The predicted molar refractivity (Wildman–Crippen MR) is 90.0 cm³/mol. The molecule has 0 aliphatic heterocycles. The fourth-order valence-corrected chi connectivity index (χ4v) is 2.82. The van der Waals surface area contributed by atoms with E-state index >= 15 is 0 Å². The molecule has 0 saturated carbocycles. The molecule has 21 heavy (non-hydrogen) atoms. The highest BCUT2D eigenvalue weighted by Crippen LogP contribution is 2.29. The third-order valence-electron chi connectivity index (χ3n) is 2.53. The van der Waals surface area contributed by atoms with Gasteiger partial charge in [-0.2, -0.15) is 0 Å². The minimum Gasteiger partial charge on any atom is -0.459 e. The number of hydrogen-bond acceptors (Lipinski definition) is 4. The topological polar surface area (TPSA) is 38.3 Å². The fraction of sp³-hybridized carbons (Fsp3) is 0.562. The number of benzene rings is 1. The van der Waals surface area contributed by atoms with Crippen molar-refractivity contribution in [3.8, 4) is 0 Å². The van der Waals surface area contributed by atoms with Crippen LogP contribution in [0.15, 0.2) is 23.1 Å². The molecule has 1 aromatic carbocycles. The van der Waals surface area contributed by atoms with Gasteiger partial charge in [0.05, 0.1) is 5.75 Å². The van der Waals surface area contributed by atoms with E-state index in [1.54, 1.807) is 0 Å². The summed E-state index contributed by atoms with van der Waals surface area (Å²) in [6.45, 7) is 10.5. The number of halogens is 1. The van der Waals surface area contributed by atoms with Gasteiger partial charge in [-0.25, -0.2) is 0 Å². The van der Waals surface area contributed by atoms with Gasteiger partial charge in [0.1, 0.15) is 5.60 Å². The van der Waals surface area contributed by atoms with E-state index in [1.807, 2.05) is 39.0 Å². The molecule has 0 spiro atoms. The number of esters is 1. The van der Waals surface area contributed by atoms with Gasteiger partial charge >= 0.3 is 5.97 Å². The Kier molecular flexibility index (Phi) is 7.04. The van der Waals surface area contributed by atoms with Crippen LogP contribution in [0.1, 0.15) is 40.2 Å². The Hall–Kier alpha value is -0.710. The minimum absolute atomic E-state index is 0.213. The molecule has 1 rings (SSSR count). The van der Waals surface area contributed by atoms with Gasteiger partial charge in [0.2, 0.25) is 0 Å². The predicted octanol–water partition coefficient (Wildman–Crippen LogP) is 4.27. The molecule has 0 unspecified atom stereocenters. The van der Waals surface area contributed by atoms with E-state index in [4.69, 9.17) is 16.3 Å². The van der Waals surface area contributed by atoms with Crippen molar-refractivity contribution in [2.75, 3.05) is 5.75 Å². The number of hydrogen-bond donors (Lipinski definition) is 1. The van der Waals surface area contributed by atoms with E-state index in [9.17, 15) is 4.79 Å². The van der Waals surface area contributed by atoms with Crippen LogP contribution >= 0.6 is 23.4 Å². The lowest BCUT2D eigenvalue weighted by Gasteiger charge is -2.19. The second kappa shape index (κ2) is 8.06. The van der Waals surface area contributed by atoms with Crippen LogP contribution in [0.3, 0.4) is 0 Å². The smallest absolute Gasteiger partial charge is 0.316 e. The zero-order valence-electron chi connectivity index (χ0n) is 13.3. The van der Waals surface area contributed by atoms with Crippen molar-refractivity contribution in [2.45, 2.75) is 57.7 Å². The summed E-state index contributed by atoms with van der Waals surface area (Å²) in [5.74, 6) is 0.0713. The first-order valence-corrected chi connectivity index (χ1v) is 8.41. The molecule has 5 heteroatoms. The number of rotatable bonds is 6. The van der Waals surface area contributed by atoms with Crippen molar-refractivity contribution in [2.24, 2.45) is 0 Å². The first-order chi connectivity index (χ1) is 9.69. The summed E-state index contributed by atoms with van der Waals surface area (Å²) in [5, 5.41) is 4.07. The maximum absolute atomic E-state index is 11.8. The minimum atomic E-state index is -0.450. The molecule has 1 N–H and O–H groups in total. The van der Waals surface area contributed by atoms with E-state index in [-0.39, 0.29) is 11.7 Å². The summed E-state index contributed by atoms with van der Waals surface area (Å²) >= 11 is 7.73. The molecule has 118 valence electrons. The van der Waals surface area contributed by atoms with Gasteiger partial charge in [-0.1, -0.05) is 31.5 Å². The van der Waals surface area contributed by atoms with Crippen LogP contribution in [-0.2, 0) is 16.1 Å². The Labute approximate surface area is 136 Å². The molecule has 0 bridgehead atoms. The van der Waals surface area contributed by atoms with Gasteiger partial charge in [0, 0.05) is 22.5 Å². The molecule has 0 aromatic heterocycles. The highest BCUT2D eigenvalue weighted by Gasteiger charge is 2.17. The van der Waals surface area contributed by atoms with Gasteiger partial charge in [-0.05, 0) is 38.5 Å². The average molecular weight is 330 g/mol. The van der Waals surface area contributed by atoms with E-state index in [2.05, 4.69) is 19.2 Å². The largest absolute Gasteiger partial charge is 0.459 e. The SMILES string of the molecule is CC(C)NCc1c(Cl)cccc1SCC(=O)OC(C)(C)C. The zero-order valence-corrected chi connectivity index (χ0v) is 14.9. The average Bonchev–Trinajstić information content (AvgIpc) is 2.32. The molecule has 0 fully saturated rings. The third kappa shape index (κ3) is 7.21. The van der Waals surface area contributed by atoms with Gasteiger partial charge in [-0.15, -0.1) is 11.8 Å². The standard InChI is InChI=1S/C16H24ClNO2S/c1-11(2)18-9-12-13(17)7-6-8-14(12)21-10-15(19)20-16(3,4)5/h6-8,11,18H,9-10H2,1-5H3. The Morgan fingerprint density at radius 1 is 1.38 bits per heavy atom. The number of ether oxygens (including phenoxy) is 1. The molecule has 0 atom stereocenters. The summed E-state index contributed by atoms with van der Waals surface area (Å²) in [5.41, 5.74) is 0.579. The van der Waals surface area contributed by atoms with E-state index in [0.29, 0.717) is 12.6 Å². The van der Waals surface area contributed by atoms with Crippen LogP contribution in [0.5, 0.6) is 0 Å². The maximum Gasteiger partial charge on any atom is 0.316 e. The monoisotopic (exact) mass is 329 g/mol. The molecular weight excluding hydrogens is 306 g/mol. The summed E-state index contributed by atoms with van der Waals surface area (Å²) < 4.78 is 5.32. The second-order valence-corrected chi connectivity index (χ2v) is 7.55. The van der Waals surface area contributed by atoms with Crippen molar-refractivity contribution in [3.05, 3.63) is 28.8 Å². The molecule has 1 aromatic rings.